The molecule has 0 radical (unpaired) electrons. The first-order valence-electron chi connectivity index (χ1n) is 4.32. The number of aliphatic hydroxyl groups is 1. The van der Waals surface area contributed by atoms with Crippen LogP contribution in [0.4, 0.5) is 8.78 Å². The molecule has 0 atom stereocenters. The highest BCUT2D eigenvalue weighted by Crippen LogP contribution is 2.23. The van der Waals surface area contributed by atoms with Crippen LogP contribution in [0.3, 0.4) is 0 Å². The average Bonchev–Trinajstić information content (AvgIpc) is 2.18. The first kappa shape index (κ1) is 10.9. The standard InChI is InChI=1S/C10H12F2O2/c1-14-9-5-4-8(11)7(10(9)12)3-2-6-13/h4-5,13H,2-3,6H2,1H3. The van der Waals surface area contributed by atoms with Crippen molar-refractivity contribution < 1.29 is 18.6 Å². The fraction of sp³-hybridized carbons (Fsp3) is 0.400. The molecule has 1 rings (SSSR count). The maximum absolute atomic E-state index is 13.4. The van der Waals surface area contributed by atoms with Gasteiger partial charge in [0.2, 0.25) is 0 Å². The van der Waals surface area contributed by atoms with Gasteiger partial charge in [0.15, 0.2) is 11.6 Å². The first-order chi connectivity index (χ1) is 6.70. The fourth-order valence-corrected chi connectivity index (χ4v) is 1.22. The Morgan fingerprint density at radius 1 is 1.36 bits per heavy atom. The van der Waals surface area contributed by atoms with E-state index in [9.17, 15) is 8.78 Å². The van der Waals surface area contributed by atoms with Crippen molar-refractivity contribution in [2.45, 2.75) is 12.8 Å². The number of benzene rings is 1. The van der Waals surface area contributed by atoms with Crippen LogP contribution >= 0.6 is 0 Å². The predicted molar refractivity (Wildman–Crippen MR) is 48.3 cm³/mol. The molecule has 78 valence electrons. The lowest BCUT2D eigenvalue weighted by Crippen LogP contribution is -2.00. The van der Waals surface area contributed by atoms with Crippen molar-refractivity contribution in [3.05, 3.63) is 29.3 Å². The molecule has 0 bridgehead atoms. The van der Waals surface area contributed by atoms with Crippen LogP contribution in [0.2, 0.25) is 0 Å². The van der Waals surface area contributed by atoms with Gasteiger partial charge in [0.1, 0.15) is 5.82 Å². The summed E-state index contributed by atoms with van der Waals surface area (Å²) in [5.74, 6) is -1.25. The van der Waals surface area contributed by atoms with Crippen LogP contribution in [0.15, 0.2) is 12.1 Å². The second kappa shape index (κ2) is 4.91. The van der Waals surface area contributed by atoms with Gasteiger partial charge in [0.05, 0.1) is 7.11 Å². The van der Waals surface area contributed by atoms with Crippen LogP contribution in [0, 0.1) is 11.6 Å². The van der Waals surface area contributed by atoms with E-state index in [-0.39, 0.29) is 24.3 Å². The Labute approximate surface area is 81.1 Å². The zero-order chi connectivity index (χ0) is 10.6. The minimum Gasteiger partial charge on any atom is -0.494 e. The molecule has 14 heavy (non-hydrogen) atoms. The summed E-state index contributed by atoms with van der Waals surface area (Å²) in [6.07, 6.45) is 0.506. The third kappa shape index (κ3) is 2.20. The monoisotopic (exact) mass is 202 g/mol. The van der Waals surface area contributed by atoms with E-state index in [1.54, 1.807) is 0 Å². The van der Waals surface area contributed by atoms with E-state index in [0.29, 0.717) is 6.42 Å². The van der Waals surface area contributed by atoms with Crippen LogP contribution in [-0.4, -0.2) is 18.8 Å². The molecule has 0 aliphatic carbocycles. The third-order valence-corrected chi connectivity index (χ3v) is 1.96. The van der Waals surface area contributed by atoms with E-state index in [1.807, 2.05) is 0 Å². The number of halogens is 2. The van der Waals surface area contributed by atoms with Gasteiger partial charge < -0.3 is 9.84 Å². The summed E-state index contributed by atoms with van der Waals surface area (Å²) in [6.45, 7) is -0.0872. The van der Waals surface area contributed by atoms with Crippen LogP contribution in [0.5, 0.6) is 5.75 Å². The van der Waals surface area contributed by atoms with Gasteiger partial charge in [-0.2, -0.15) is 0 Å². The molecule has 1 N–H and O–H groups in total. The van der Waals surface area contributed by atoms with E-state index >= 15 is 0 Å². The topological polar surface area (TPSA) is 29.5 Å². The summed E-state index contributed by atoms with van der Waals surface area (Å²) in [5.41, 5.74) is -0.0293. The number of hydrogen-bond donors (Lipinski definition) is 1. The van der Waals surface area contributed by atoms with E-state index in [1.165, 1.54) is 13.2 Å². The van der Waals surface area contributed by atoms with Crippen molar-refractivity contribution in [3.8, 4) is 5.75 Å². The molecule has 0 spiro atoms. The van der Waals surface area contributed by atoms with Gasteiger partial charge in [-0.15, -0.1) is 0 Å². The Morgan fingerprint density at radius 3 is 2.64 bits per heavy atom. The van der Waals surface area contributed by atoms with Crippen molar-refractivity contribution in [2.24, 2.45) is 0 Å². The zero-order valence-electron chi connectivity index (χ0n) is 7.89. The third-order valence-electron chi connectivity index (χ3n) is 1.96. The highest BCUT2D eigenvalue weighted by molar-refractivity contribution is 5.32. The zero-order valence-corrected chi connectivity index (χ0v) is 7.89. The van der Waals surface area contributed by atoms with Gasteiger partial charge in [0.25, 0.3) is 0 Å². The molecule has 1 aromatic rings. The van der Waals surface area contributed by atoms with Gasteiger partial charge in [-0.1, -0.05) is 0 Å². The maximum atomic E-state index is 13.4. The average molecular weight is 202 g/mol. The van der Waals surface area contributed by atoms with Crippen LogP contribution in [-0.2, 0) is 6.42 Å². The molecule has 0 aromatic heterocycles. The second-order valence-electron chi connectivity index (χ2n) is 2.87. The Bertz CT molecular complexity index is 313. The number of rotatable bonds is 4. The smallest absolute Gasteiger partial charge is 0.171 e. The number of methoxy groups -OCH3 is 1. The number of aliphatic hydroxyl groups excluding tert-OH is 1. The Kier molecular flexibility index (Phi) is 3.83. The predicted octanol–water partition coefficient (Wildman–Crippen LogP) is 1.90. The molecular weight excluding hydrogens is 190 g/mol. The summed E-state index contributed by atoms with van der Waals surface area (Å²) in [5, 5.41) is 8.56. The summed E-state index contributed by atoms with van der Waals surface area (Å²) >= 11 is 0. The van der Waals surface area contributed by atoms with Gasteiger partial charge >= 0.3 is 0 Å². The Balaban J connectivity index is 2.99. The molecule has 0 aliphatic heterocycles. The molecule has 0 unspecified atom stereocenters. The fourth-order valence-electron chi connectivity index (χ4n) is 1.22. The van der Waals surface area contributed by atoms with Gasteiger partial charge in [-0.3, -0.25) is 0 Å². The Morgan fingerprint density at radius 2 is 2.07 bits per heavy atom. The van der Waals surface area contributed by atoms with Gasteiger partial charge in [0, 0.05) is 12.2 Å². The lowest BCUT2D eigenvalue weighted by atomic mass is 10.1. The molecule has 0 fully saturated rings. The normalized spacial score (nSPS) is 10.3. The lowest BCUT2D eigenvalue weighted by molar-refractivity contribution is 0.286. The van der Waals surface area contributed by atoms with Crippen molar-refractivity contribution in [2.75, 3.05) is 13.7 Å². The number of hydrogen-bond acceptors (Lipinski definition) is 2. The van der Waals surface area contributed by atoms with Crippen LogP contribution in [0.1, 0.15) is 12.0 Å². The molecule has 0 heterocycles. The molecule has 0 amide bonds. The van der Waals surface area contributed by atoms with Gasteiger partial charge in [-0.05, 0) is 25.0 Å². The molecular formula is C10H12F2O2. The van der Waals surface area contributed by atoms with Crippen molar-refractivity contribution in [3.63, 3.8) is 0 Å². The summed E-state index contributed by atoms with van der Waals surface area (Å²) < 4.78 is 31.2. The van der Waals surface area contributed by atoms with E-state index in [4.69, 9.17) is 9.84 Å². The molecule has 0 aliphatic rings. The van der Waals surface area contributed by atoms with E-state index < -0.39 is 11.6 Å². The Hall–Kier alpha value is -1.16. The minimum atomic E-state index is -0.680. The summed E-state index contributed by atoms with van der Waals surface area (Å²) in [7, 11) is 1.33. The van der Waals surface area contributed by atoms with Gasteiger partial charge in [-0.25, -0.2) is 8.78 Å². The highest BCUT2D eigenvalue weighted by atomic mass is 19.1. The first-order valence-corrected chi connectivity index (χ1v) is 4.32. The van der Waals surface area contributed by atoms with Crippen molar-refractivity contribution in [1.82, 2.24) is 0 Å². The molecule has 0 saturated carbocycles. The SMILES string of the molecule is COc1ccc(F)c(CCCO)c1F. The quantitative estimate of drug-likeness (QED) is 0.808. The summed E-state index contributed by atoms with van der Waals surface area (Å²) in [4.78, 5) is 0. The maximum Gasteiger partial charge on any atom is 0.171 e. The summed E-state index contributed by atoms with van der Waals surface area (Å²) in [6, 6.07) is 2.40. The lowest BCUT2D eigenvalue weighted by Gasteiger charge is -2.07. The van der Waals surface area contributed by atoms with Crippen LogP contribution in [0.25, 0.3) is 0 Å². The van der Waals surface area contributed by atoms with E-state index in [2.05, 4.69) is 0 Å². The largest absolute Gasteiger partial charge is 0.494 e. The number of ether oxygens (including phenoxy) is 1. The molecule has 4 heteroatoms. The van der Waals surface area contributed by atoms with Crippen molar-refractivity contribution in [1.29, 1.82) is 0 Å². The van der Waals surface area contributed by atoms with Crippen LogP contribution < -0.4 is 4.74 Å². The highest BCUT2D eigenvalue weighted by Gasteiger charge is 2.13. The molecule has 1 aromatic carbocycles. The molecule has 0 saturated heterocycles. The minimum absolute atomic E-state index is 0.0272. The second-order valence-corrected chi connectivity index (χ2v) is 2.87. The molecule has 2 nitrogen and oxygen atoms in total. The van der Waals surface area contributed by atoms with Crippen molar-refractivity contribution >= 4 is 0 Å². The van der Waals surface area contributed by atoms with E-state index in [0.717, 1.165) is 6.07 Å².